The monoisotopic (exact) mass is 508 g/mol. The molecule has 11 nitrogen and oxygen atoms in total. The molecule has 1 aromatic heterocycles. The van der Waals surface area contributed by atoms with Crippen molar-refractivity contribution in [1.29, 1.82) is 5.26 Å². The van der Waals surface area contributed by atoms with Gasteiger partial charge in [-0.15, -0.1) is 5.10 Å². The molecule has 3 atom stereocenters. The number of morpholine rings is 1. The number of benzene rings is 2. The number of anilines is 2. The first-order chi connectivity index (χ1) is 18.7. The molecule has 11 heteroatoms. The molecule has 2 N–H and O–H groups in total. The number of nitrogens with one attached hydrogen (secondary N) is 2. The van der Waals surface area contributed by atoms with Crippen molar-refractivity contribution in [3.05, 3.63) is 83.8 Å². The van der Waals surface area contributed by atoms with E-state index in [2.05, 4.69) is 36.8 Å². The smallest absolute Gasteiger partial charge is 0.317 e. The Morgan fingerprint density at radius 3 is 2.63 bits per heavy atom. The van der Waals surface area contributed by atoms with Gasteiger partial charge in [0, 0.05) is 24.2 Å². The highest BCUT2D eigenvalue weighted by atomic mass is 16.5. The van der Waals surface area contributed by atoms with Crippen LogP contribution >= 0.6 is 0 Å². The minimum Gasteiger partial charge on any atom is -0.406 e. The van der Waals surface area contributed by atoms with Gasteiger partial charge >= 0.3 is 6.01 Å². The van der Waals surface area contributed by atoms with E-state index in [0.717, 1.165) is 24.2 Å². The molecular weight excluding hydrogens is 484 g/mol. The number of dihydropyridines is 1. The maximum Gasteiger partial charge on any atom is 0.317 e. The van der Waals surface area contributed by atoms with Crippen LogP contribution in [-0.2, 0) is 9.53 Å². The fourth-order valence-corrected chi connectivity index (χ4v) is 4.74. The minimum absolute atomic E-state index is 0.0336. The lowest BCUT2D eigenvalue weighted by atomic mass is 10.0. The summed E-state index contributed by atoms with van der Waals surface area (Å²) in [6.45, 7) is 2.68. The Morgan fingerprint density at radius 1 is 1.03 bits per heavy atom. The number of ether oxygens (including phenoxy) is 1. The zero-order valence-corrected chi connectivity index (χ0v) is 20.3. The molecule has 3 aromatic rings. The fourth-order valence-electron chi connectivity index (χ4n) is 4.74. The summed E-state index contributed by atoms with van der Waals surface area (Å²) >= 11 is 0. The van der Waals surface area contributed by atoms with Gasteiger partial charge in [-0.1, -0.05) is 59.7 Å². The summed E-state index contributed by atoms with van der Waals surface area (Å²) < 4.78 is 11.4. The lowest BCUT2D eigenvalue weighted by Crippen LogP contribution is -2.46. The third-order valence-corrected chi connectivity index (χ3v) is 6.58. The summed E-state index contributed by atoms with van der Waals surface area (Å²) in [5.74, 6) is -0.120. The number of allylic oxidation sites excluding steroid dienone is 1. The van der Waals surface area contributed by atoms with Gasteiger partial charge in [0.05, 0.1) is 30.7 Å². The molecule has 1 saturated heterocycles. The Bertz CT molecular complexity index is 1470. The molecule has 0 aliphatic carbocycles. The molecule has 0 bridgehead atoms. The topological polar surface area (TPSA) is 141 Å². The zero-order chi connectivity index (χ0) is 25.9. The molecule has 0 radical (unpaired) electrons. The van der Waals surface area contributed by atoms with Crippen LogP contribution in [0.5, 0.6) is 0 Å². The van der Waals surface area contributed by atoms with Gasteiger partial charge in [0.2, 0.25) is 12.1 Å². The Balaban J connectivity index is 1.30. The molecule has 38 heavy (non-hydrogen) atoms. The molecule has 0 spiro atoms. The number of carbonyl (C=O) groups is 1. The van der Waals surface area contributed by atoms with Crippen LogP contribution in [0.15, 0.2) is 81.2 Å². The number of carbonyl (C=O) groups excluding carboxylic acids is 1. The van der Waals surface area contributed by atoms with Gasteiger partial charge in [-0.25, -0.2) is 4.99 Å². The Hall–Kier alpha value is -4.66. The lowest BCUT2D eigenvalue weighted by molar-refractivity contribution is -0.116. The summed E-state index contributed by atoms with van der Waals surface area (Å²) in [6, 6.07) is 18.6. The van der Waals surface area contributed by atoms with Crippen molar-refractivity contribution in [2.24, 2.45) is 9.98 Å². The number of fused-ring (bicyclic) bond motifs is 1. The number of rotatable bonds is 5. The van der Waals surface area contributed by atoms with E-state index in [9.17, 15) is 10.1 Å². The van der Waals surface area contributed by atoms with E-state index in [1.54, 1.807) is 6.08 Å². The SMILES string of the molecule is N#CC1=NC(c2nnc(NC3N=C(c4ccccc4)c4ccccc4NC3=O)o2)C(N2CCOCC2)C=C1. The van der Waals surface area contributed by atoms with Crippen molar-refractivity contribution in [1.82, 2.24) is 15.1 Å². The van der Waals surface area contributed by atoms with Gasteiger partial charge in [0.25, 0.3) is 5.91 Å². The number of hydrogen-bond donors (Lipinski definition) is 2. The molecule has 6 rings (SSSR count). The highest BCUT2D eigenvalue weighted by Gasteiger charge is 2.35. The molecule has 0 saturated carbocycles. The first-order valence-corrected chi connectivity index (χ1v) is 12.3. The minimum atomic E-state index is -1.02. The molecule has 3 unspecified atom stereocenters. The first kappa shape index (κ1) is 23.7. The number of amides is 1. The van der Waals surface area contributed by atoms with Gasteiger partial charge in [-0.3, -0.25) is 14.7 Å². The normalized spacial score (nSPS) is 23.3. The van der Waals surface area contributed by atoms with E-state index in [-0.39, 0.29) is 29.6 Å². The third-order valence-electron chi connectivity index (χ3n) is 6.58. The molecule has 3 aliphatic rings. The van der Waals surface area contributed by atoms with Crippen molar-refractivity contribution in [3.8, 4) is 6.07 Å². The highest BCUT2D eigenvalue weighted by molar-refractivity contribution is 6.19. The van der Waals surface area contributed by atoms with Crippen LogP contribution < -0.4 is 10.6 Å². The number of benzodiazepines with no additional fused rings is 1. The first-order valence-electron chi connectivity index (χ1n) is 12.3. The highest BCUT2D eigenvalue weighted by Crippen LogP contribution is 2.30. The van der Waals surface area contributed by atoms with Crippen molar-refractivity contribution < 1.29 is 13.9 Å². The van der Waals surface area contributed by atoms with Crippen LogP contribution in [0.25, 0.3) is 0 Å². The van der Waals surface area contributed by atoms with Crippen LogP contribution in [0, 0.1) is 11.3 Å². The number of nitrogens with zero attached hydrogens (tertiary/aromatic N) is 6. The van der Waals surface area contributed by atoms with E-state index >= 15 is 0 Å². The summed E-state index contributed by atoms with van der Waals surface area (Å²) in [5.41, 5.74) is 3.28. The number of aliphatic imine (C=N–C) groups is 2. The summed E-state index contributed by atoms with van der Waals surface area (Å²) in [7, 11) is 0. The second kappa shape index (κ2) is 10.4. The van der Waals surface area contributed by atoms with Crippen LogP contribution in [0.3, 0.4) is 0 Å². The van der Waals surface area contributed by atoms with E-state index in [0.29, 0.717) is 24.6 Å². The summed E-state index contributed by atoms with van der Waals surface area (Å²) in [4.78, 5) is 24.7. The van der Waals surface area contributed by atoms with Crippen LogP contribution in [0.2, 0.25) is 0 Å². The van der Waals surface area contributed by atoms with Gasteiger partial charge in [-0.05, 0) is 12.1 Å². The van der Waals surface area contributed by atoms with E-state index in [1.165, 1.54) is 0 Å². The van der Waals surface area contributed by atoms with Crippen LogP contribution in [0.1, 0.15) is 23.1 Å². The van der Waals surface area contributed by atoms with Crippen LogP contribution in [-0.4, -0.2) is 70.9 Å². The molecule has 4 heterocycles. The lowest BCUT2D eigenvalue weighted by Gasteiger charge is -2.35. The second-order valence-electron chi connectivity index (χ2n) is 8.94. The Morgan fingerprint density at radius 2 is 1.82 bits per heavy atom. The molecule has 2 aromatic carbocycles. The van der Waals surface area contributed by atoms with E-state index < -0.39 is 12.2 Å². The maximum atomic E-state index is 13.2. The van der Waals surface area contributed by atoms with Gasteiger partial charge < -0.3 is 19.8 Å². The number of aromatic nitrogens is 2. The second-order valence-corrected chi connectivity index (χ2v) is 8.94. The average molecular weight is 509 g/mol. The van der Waals surface area contributed by atoms with Crippen molar-refractivity contribution in [3.63, 3.8) is 0 Å². The molecule has 1 fully saturated rings. The molecular formula is C27H24N8O3. The van der Waals surface area contributed by atoms with Crippen molar-refractivity contribution in [2.45, 2.75) is 18.2 Å². The van der Waals surface area contributed by atoms with Crippen LogP contribution in [0.4, 0.5) is 11.7 Å². The Labute approximate surface area is 218 Å². The molecule has 3 aliphatic heterocycles. The third kappa shape index (κ3) is 4.70. The standard InChI is InChI=1S/C27H24N8O3/c28-16-18-10-11-21(35-12-14-37-15-13-35)23(29-18)26-33-34-27(38-26)32-24-25(36)30-20-9-5-4-8-19(20)22(31-24)17-6-2-1-3-7-17/h1-11,21,23-24H,12-15H2,(H,30,36)(H,32,34). The van der Waals surface area contributed by atoms with Crippen molar-refractivity contribution >= 4 is 29.0 Å². The summed E-state index contributed by atoms with van der Waals surface area (Å²) in [6.07, 6.45) is 2.62. The number of nitriles is 1. The van der Waals surface area contributed by atoms with Gasteiger partial charge in [-0.2, -0.15) is 5.26 Å². The van der Waals surface area contributed by atoms with E-state index in [1.807, 2.05) is 60.7 Å². The quantitative estimate of drug-likeness (QED) is 0.536. The predicted molar refractivity (Wildman–Crippen MR) is 140 cm³/mol. The fraction of sp³-hybridized carbons (Fsp3) is 0.259. The van der Waals surface area contributed by atoms with Gasteiger partial charge in [0.15, 0.2) is 0 Å². The zero-order valence-electron chi connectivity index (χ0n) is 20.3. The predicted octanol–water partition coefficient (Wildman–Crippen LogP) is 2.57. The maximum absolute atomic E-state index is 13.2. The molecule has 1 amide bonds. The Kier molecular flexibility index (Phi) is 6.47. The summed E-state index contributed by atoms with van der Waals surface area (Å²) in [5, 5.41) is 23.7. The molecule has 190 valence electrons. The van der Waals surface area contributed by atoms with Crippen molar-refractivity contribution in [2.75, 3.05) is 36.9 Å². The van der Waals surface area contributed by atoms with Gasteiger partial charge in [0.1, 0.15) is 17.8 Å². The largest absolute Gasteiger partial charge is 0.406 e. The number of hydrogen-bond acceptors (Lipinski definition) is 10. The number of para-hydroxylation sites is 1. The van der Waals surface area contributed by atoms with E-state index in [4.69, 9.17) is 14.1 Å². The average Bonchev–Trinajstić information content (AvgIpc) is 3.39.